The van der Waals surface area contributed by atoms with Crippen molar-refractivity contribution in [2.24, 2.45) is 0 Å². The molecule has 6 nitrogen and oxygen atoms in total. The summed E-state index contributed by atoms with van der Waals surface area (Å²) >= 11 is 6.05. The van der Waals surface area contributed by atoms with E-state index in [9.17, 15) is 9.59 Å². The normalized spacial score (nSPS) is 10.8. The first kappa shape index (κ1) is 18.0. The van der Waals surface area contributed by atoms with Gasteiger partial charge in [0.2, 0.25) is 0 Å². The number of rotatable bonds is 5. The molecule has 128 valence electrons. The van der Waals surface area contributed by atoms with Gasteiger partial charge in [0.15, 0.2) is 12.4 Å². The van der Waals surface area contributed by atoms with E-state index in [1.54, 1.807) is 19.1 Å². The molecule has 0 atom stereocenters. The number of nitrogens with zero attached hydrogens (tertiary/aromatic N) is 1. The molecule has 0 aliphatic heterocycles. The number of halogens is 1. The summed E-state index contributed by atoms with van der Waals surface area (Å²) in [4.78, 5) is 24.1. The highest BCUT2D eigenvalue weighted by Gasteiger charge is 2.24. The van der Waals surface area contributed by atoms with Crippen LogP contribution in [0.2, 0.25) is 5.02 Å². The van der Waals surface area contributed by atoms with Crippen molar-refractivity contribution in [1.29, 1.82) is 0 Å². The molecule has 0 aliphatic carbocycles. The van der Waals surface area contributed by atoms with Gasteiger partial charge in [-0.2, -0.15) is 0 Å². The van der Waals surface area contributed by atoms with E-state index >= 15 is 0 Å². The second kappa shape index (κ2) is 7.49. The minimum absolute atomic E-state index is 0.0195. The van der Waals surface area contributed by atoms with Crippen LogP contribution in [0.4, 0.5) is 5.69 Å². The maximum atomic E-state index is 12.2. The largest absolute Gasteiger partial charge is 0.452 e. The number of hydrogen-bond donors (Lipinski definition) is 1. The Morgan fingerprint density at radius 3 is 2.67 bits per heavy atom. The SMILES string of the molecule is Cc1ccc(NC(=O)COC(=O)c2c(C)noc2C(C)C)c(Cl)c1. The van der Waals surface area contributed by atoms with Crippen LogP contribution in [0.3, 0.4) is 0 Å². The Morgan fingerprint density at radius 2 is 2.04 bits per heavy atom. The summed E-state index contributed by atoms with van der Waals surface area (Å²) in [7, 11) is 0. The number of amides is 1. The number of nitrogens with one attached hydrogen (secondary N) is 1. The summed E-state index contributed by atoms with van der Waals surface area (Å²) in [6, 6.07) is 5.25. The fraction of sp³-hybridized carbons (Fsp3) is 0.353. The molecule has 2 rings (SSSR count). The van der Waals surface area contributed by atoms with Gasteiger partial charge in [0.1, 0.15) is 5.56 Å². The Hall–Kier alpha value is -2.34. The predicted molar refractivity (Wildman–Crippen MR) is 90.4 cm³/mol. The zero-order chi connectivity index (χ0) is 17.9. The minimum atomic E-state index is -0.636. The van der Waals surface area contributed by atoms with Gasteiger partial charge in [0.05, 0.1) is 16.4 Å². The molecule has 0 fully saturated rings. The van der Waals surface area contributed by atoms with Gasteiger partial charge >= 0.3 is 5.97 Å². The van der Waals surface area contributed by atoms with Crippen molar-refractivity contribution in [2.45, 2.75) is 33.6 Å². The number of benzene rings is 1. The fourth-order valence-corrected chi connectivity index (χ4v) is 2.42. The van der Waals surface area contributed by atoms with Crippen LogP contribution in [-0.2, 0) is 9.53 Å². The highest BCUT2D eigenvalue weighted by molar-refractivity contribution is 6.33. The molecule has 1 aromatic heterocycles. The second-order valence-corrected chi connectivity index (χ2v) is 6.18. The third-order valence-corrected chi connectivity index (χ3v) is 3.66. The second-order valence-electron chi connectivity index (χ2n) is 5.77. The fourth-order valence-electron chi connectivity index (χ4n) is 2.14. The average molecular weight is 351 g/mol. The number of anilines is 1. The van der Waals surface area contributed by atoms with Crippen LogP contribution >= 0.6 is 11.6 Å². The first-order chi connectivity index (χ1) is 11.3. The van der Waals surface area contributed by atoms with Crippen LogP contribution < -0.4 is 5.32 Å². The summed E-state index contributed by atoms with van der Waals surface area (Å²) in [5.41, 5.74) is 2.15. The van der Waals surface area contributed by atoms with Gasteiger partial charge in [0, 0.05) is 5.92 Å². The number of aryl methyl sites for hydroxylation is 2. The Morgan fingerprint density at radius 1 is 1.33 bits per heavy atom. The molecule has 2 aromatic rings. The molecule has 24 heavy (non-hydrogen) atoms. The zero-order valence-electron chi connectivity index (χ0n) is 14.0. The van der Waals surface area contributed by atoms with Gasteiger partial charge in [-0.25, -0.2) is 4.79 Å². The molecule has 0 saturated heterocycles. The van der Waals surface area contributed by atoms with Crippen molar-refractivity contribution < 1.29 is 18.8 Å². The Labute approximate surface area is 145 Å². The number of ether oxygens (including phenoxy) is 1. The molecule has 1 N–H and O–H groups in total. The van der Waals surface area contributed by atoms with Crippen molar-refractivity contribution in [3.05, 3.63) is 45.8 Å². The first-order valence-electron chi connectivity index (χ1n) is 7.49. The molecule has 0 radical (unpaired) electrons. The van der Waals surface area contributed by atoms with E-state index < -0.39 is 18.5 Å². The van der Waals surface area contributed by atoms with E-state index in [1.807, 2.05) is 26.8 Å². The lowest BCUT2D eigenvalue weighted by atomic mass is 10.1. The summed E-state index contributed by atoms with van der Waals surface area (Å²) in [6.45, 7) is 6.88. The van der Waals surface area contributed by atoms with E-state index in [0.29, 0.717) is 22.2 Å². The van der Waals surface area contributed by atoms with Crippen LogP contribution in [0.5, 0.6) is 0 Å². The molecule has 0 spiro atoms. The van der Waals surface area contributed by atoms with Gasteiger partial charge in [-0.15, -0.1) is 0 Å². The molecule has 1 amide bonds. The molecule has 0 saturated carbocycles. The maximum absolute atomic E-state index is 12.2. The summed E-state index contributed by atoms with van der Waals surface area (Å²) in [5.74, 6) is -0.690. The van der Waals surface area contributed by atoms with E-state index in [2.05, 4.69) is 10.5 Å². The first-order valence-corrected chi connectivity index (χ1v) is 7.86. The predicted octanol–water partition coefficient (Wildman–Crippen LogP) is 3.86. The summed E-state index contributed by atoms with van der Waals surface area (Å²) in [5, 5.41) is 6.81. The number of esters is 1. The highest BCUT2D eigenvalue weighted by Crippen LogP contribution is 2.24. The smallest absolute Gasteiger partial charge is 0.344 e. The average Bonchev–Trinajstić information content (AvgIpc) is 2.90. The Balaban J connectivity index is 1.99. The topological polar surface area (TPSA) is 81.4 Å². The number of hydrogen-bond acceptors (Lipinski definition) is 5. The molecular formula is C17H19ClN2O4. The van der Waals surface area contributed by atoms with Gasteiger partial charge in [-0.1, -0.05) is 36.7 Å². The molecule has 0 bridgehead atoms. The highest BCUT2D eigenvalue weighted by atomic mass is 35.5. The molecule has 0 aliphatic rings. The third-order valence-electron chi connectivity index (χ3n) is 3.35. The van der Waals surface area contributed by atoms with Crippen LogP contribution in [0, 0.1) is 13.8 Å². The summed E-state index contributed by atoms with van der Waals surface area (Å²) in [6.07, 6.45) is 0. The Bertz CT molecular complexity index is 768. The van der Waals surface area contributed by atoms with Gasteiger partial charge in [-0.3, -0.25) is 4.79 Å². The van der Waals surface area contributed by atoms with Gasteiger partial charge in [-0.05, 0) is 31.5 Å². The monoisotopic (exact) mass is 350 g/mol. The van der Waals surface area contributed by atoms with Crippen LogP contribution in [-0.4, -0.2) is 23.6 Å². The van der Waals surface area contributed by atoms with Crippen molar-refractivity contribution in [1.82, 2.24) is 5.16 Å². The Kier molecular flexibility index (Phi) is 5.62. The summed E-state index contributed by atoms with van der Waals surface area (Å²) < 4.78 is 10.2. The van der Waals surface area contributed by atoms with E-state index in [1.165, 1.54) is 0 Å². The van der Waals surface area contributed by atoms with Crippen molar-refractivity contribution >= 4 is 29.2 Å². The van der Waals surface area contributed by atoms with E-state index in [0.717, 1.165) is 5.56 Å². The van der Waals surface area contributed by atoms with E-state index in [4.69, 9.17) is 20.9 Å². The molecule has 0 unspecified atom stereocenters. The number of carbonyl (C=O) groups excluding carboxylic acids is 2. The number of carbonyl (C=O) groups is 2. The lowest BCUT2D eigenvalue weighted by molar-refractivity contribution is -0.119. The molecule has 1 aromatic carbocycles. The van der Waals surface area contributed by atoms with Crippen molar-refractivity contribution in [2.75, 3.05) is 11.9 Å². The van der Waals surface area contributed by atoms with E-state index in [-0.39, 0.29) is 11.5 Å². The van der Waals surface area contributed by atoms with Crippen LogP contribution in [0.25, 0.3) is 0 Å². The van der Waals surface area contributed by atoms with Crippen LogP contribution in [0.15, 0.2) is 22.7 Å². The minimum Gasteiger partial charge on any atom is -0.452 e. The molecule has 7 heteroatoms. The number of aromatic nitrogens is 1. The van der Waals surface area contributed by atoms with Gasteiger partial charge in [0.25, 0.3) is 5.91 Å². The standard InChI is InChI=1S/C17H19ClN2O4/c1-9(2)16-15(11(4)20-24-16)17(22)23-8-14(21)19-13-6-5-10(3)7-12(13)18/h5-7,9H,8H2,1-4H3,(H,19,21). The molecular weight excluding hydrogens is 332 g/mol. The lowest BCUT2D eigenvalue weighted by Crippen LogP contribution is -2.21. The maximum Gasteiger partial charge on any atom is 0.344 e. The zero-order valence-corrected chi connectivity index (χ0v) is 14.7. The quantitative estimate of drug-likeness (QED) is 0.828. The van der Waals surface area contributed by atoms with Gasteiger partial charge < -0.3 is 14.6 Å². The molecule has 1 heterocycles. The lowest BCUT2D eigenvalue weighted by Gasteiger charge is -2.09. The van der Waals surface area contributed by atoms with Crippen LogP contribution in [0.1, 0.15) is 47.1 Å². The van der Waals surface area contributed by atoms with Crippen molar-refractivity contribution in [3.63, 3.8) is 0 Å². The van der Waals surface area contributed by atoms with Crippen molar-refractivity contribution in [3.8, 4) is 0 Å². The third kappa shape index (κ3) is 4.14.